The summed E-state index contributed by atoms with van der Waals surface area (Å²) in [6.07, 6.45) is 0.538. The fraction of sp³-hybridized carbons (Fsp3) is 0.273. The number of amides is 1. The number of carbonyl (C=O) groups excluding carboxylic acids is 1. The van der Waals surface area contributed by atoms with E-state index in [1.165, 1.54) is 0 Å². The highest BCUT2D eigenvalue weighted by atomic mass is 35.5. The van der Waals surface area contributed by atoms with Gasteiger partial charge in [-0.1, -0.05) is 29.8 Å². The van der Waals surface area contributed by atoms with E-state index in [0.717, 1.165) is 16.5 Å². The number of carbonyl (C=O) groups is 1. The van der Waals surface area contributed by atoms with E-state index in [-0.39, 0.29) is 12.3 Å². The lowest BCUT2D eigenvalue weighted by Gasteiger charge is -2.18. The number of nitrogens with zero attached hydrogens (tertiary/aromatic N) is 1. The number of fused-ring (bicyclic) bond motifs is 1. The molecule has 3 rings (SSSR count). The summed E-state index contributed by atoms with van der Waals surface area (Å²) in [6, 6.07) is 12.8. The van der Waals surface area contributed by atoms with Gasteiger partial charge in [0.1, 0.15) is 11.3 Å². The van der Waals surface area contributed by atoms with Crippen molar-refractivity contribution in [1.29, 1.82) is 0 Å². The molecule has 28 heavy (non-hydrogen) atoms. The number of methoxy groups -OCH3 is 1. The van der Waals surface area contributed by atoms with Crippen LogP contribution in [-0.4, -0.2) is 25.0 Å². The van der Waals surface area contributed by atoms with Crippen LogP contribution in [0.4, 0.5) is 0 Å². The molecule has 2 aromatic carbocycles. The smallest absolute Gasteiger partial charge is 0.339 e. The van der Waals surface area contributed by atoms with Crippen LogP contribution in [0, 0.1) is 6.92 Å². The van der Waals surface area contributed by atoms with Gasteiger partial charge in [-0.15, -0.1) is 0 Å². The van der Waals surface area contributed by atoms with Crippen LogP contribution in [0.3, 0.4) is 0 Å². The number of ether oxygens (including phenoxy) is 1. The summed E-state index contributed by atoms with van der Waals surface area (Å²) in [7, 11) is 3.29. The van der Waals surface area contributed by atoms with Gasteiger partial charge >= 0.3 is 5.63 Å². The lowest BCUT2D eigenvalue weighted by atomic mass is 10.0. The van der Waals surface area contributed by atoms with Gasteiger partial charge in [0.2, 0.25) is 5.91 Å². The SMILES string of the molecule is COc1ccc2c(C)c(CCC(=O)N(C)Cc3ccccc3Cl)c(=O)oc2c1. The molecule has 0 aliphatic heterocycles. The first-order valence-electron chi connectivity index (χ1n) is 8.98. The summed E-state index contributed by atoms with van der Waals surface area (Å²) in [5.41, 5.74) is 2.30. The zero-order valence-electron chi connectivity index (χ0n) is 16.1. The summed E-state index contributed by atoms with van der Waals surface area (Å²) in [5.74, 6) is 0.563. The summed E-state index contributed by atoms with van der Waals surface area (Å²) in [5, 5.41) is 1.47. The summed E-state index contributed by atoms with van der Waals surface area (Å²) in [6.45, 7) is 2.29. The Kier molecular flexibility index (Phi) is 6.05. The lowest BCUT2D eigenvalue weighted by Crippen LogP contribution is -2.27. The van der Waals surface area contributed by atoms with Crippen molar-refractivity contribution >= 4 is 28.5 Å². The van der Waals surface area contributed by atoms with E-state index in [0.29, 0.717) is 34.9 Å². The number of aryl methyl sites for hydroxylation is 1. The quantitative estimate of drug-likeness (QED) is 0.578. The molecule has 0 bridgehead atoms. The molecular formula is C22H22ClNO4. The van der Waals surface area contributed by atoms with Gasteiger partial charge in [0.25, 0.3) is 0 Å². The molecule has 1 amide bonds. The zero-order valence-corrected chi connectivity index (χ0v) is 16.9. The molecule has 1 aromatic heterocycles. The maximum Gasteiger partial charge on any atom is 0.339 e. The van der Waals surface area contributed by atoms with Crippen molar-refractivity contribution in [2.75, 3.05) is 14.2 Å². The van der Waals surface area contributed by atoms with Crippen LogP contribution >= 0.6 is 11.6 Å². The van der Waals surface area contributed by atoms with Crippen molar-refractivity contribution in [1.82, 2.24) is 4.90 Å². The van der Waals surface area contributed by atoms with Crippen molar-refractivity contribution in [3.8, 4) is 5.75 Å². The fourth-order valence-electron chi connectivity index (χ4n) is 3.18. The van der Waals surface area contributed by atoms with E-state index in [1.54, 1.807) is 31.2 Å². The van der Waals surface area contributed by atoms with Crippen LogP contribution in [0.25, 0.3) is 11.0 Å². The van der Waals surface area contributed by atoms with Gasteiger partial charge < -0.3 is 14.1 Å². The van der Waals surface area contributed by atoms with Gasteiger partial charge in [-0.2, -0.15) is 0 Å². The highest BCUT2D eigenvalue weighted by Gasteiger charge is 2.16. The van der Waals surface area contributed by atoms with Gasteiger partial charge in [-0.05, 0) is 42.7 Å². The normalized spacial score (nSPS) is 10.9. The molecule has 6 heteroatoms. The third-order valence-corrected chi connectivity index (χ3v) is 5.24. The molecule has 0 fully saturated rings. The number of halogens is 1. The van der Waals surface area contributed by atoms with E-state index in [2.05, 4.69) is 0 Å². The van der Waals surface area contributed by atoms with E-state index >= 15 is 0 Å². The highest BCUT2D eigenvalue weighted by Crippen LogP contribution is 2.24. The first kappa shape index (κ1) is 20.0. The van der Waals surface area contributed by atoms with E-state index in [1.807, 2.05) is 37.3 Å². The second kappa shape index (κ2) is 8.48. The van der Waals surface area contributed by atoms with E-state index in [9.17, 15) is 9.59 Å². The summed E-state index contributed by atoms with van der Waals surface area (Å²) < 4.78 is 10.6. The van der Waals surface area contributed by atoms with Crippen LogP contribution < -0.4 is 10.4 Å². The van der Waals surface area contributed by atoms with Gasteiger partial charge in [-0.25, -0.2) is 4.79 Å². The molecule has 0 aliphatic rings. The minimum atomic E-state index is -0.417. The first-order chi connectivity index (χ1) is 13.4. The molecular weight excluding hydrogens is 378 g/mol. The molecule has 0 radical (unpaired) electrons. The molecule has 1 heterocycles. The second-order valence-electron chi connectivity index (χ2n) is 6.70. The molecule has 0 unspecified atom stereocenters. The molecule has 146 valence electrons. The Hall–Kier alpha value is -2.79. The maximum atomic E-state index is 12.5. The van der Waals surface area contributed by atoms with Crippen LogP contribution in [0.5, 0.6) is 5.75 Å². The van der Waals surface area contributed by atoms with Crippen LogP contribution in [0.2, 0.25) is 5.02 Å². The molecule has 0 N–H and O–H groups in total. The highest BCUT2D eigenvalue weighted by molar-refractivity contribution is 6.31. The predicted molar refractivity (Wildman–Crippen MR) is 110 cm³/mol. The van der Waals surface area contributed by atoms with Crippen molar-refractivity contribution < 1.29 is 13.9 Å². The van der Waals surface area contributed by atoms with Crippen LogP contribution in [0.15, 0.2) is 51.7 Å². The van der Waals surface area contributed by atoms with Crippen molar-refractivity contribution in [2.45, 2.75) is 26.3 Å². The van der Waals surface area contributed by atoms with Gasteiger partial charge in [0.05, 0.1) is 7.11 Å². The second-order valence-corrected chi connectivity index (χ2v) is 7.10. The lowest BCUT2D eigenvalue weighted by molar-refractivity contribution is -0.130. The van der Waals surface area contributed by atoms with Gasteiger partial charge in [0, 0.05) is 42.1 Å². The number of benzene rings is 2. The Bertz CT molecular complexity index is 1070. The minimum absolute atomic E-state index is 0.0615. The Balaban J connectivity index is 1.75. The molecule has 3 aromatic rings. The number of rotatable bonds is 6. The largest absolute Gasteiger partial charge is 0.497 e. The minimum Gasteiger partial charge on any atom is -0.497 e. The molecule has 0 spiro atoms. The average molecular weight is 400 g/mol. The third kappa shape index (κ3) is 4.20. The Morgan fingerprint density at radius 2 is 1.96 bits per heavy atom. The molecule has 0 saturated heterocycles. The standard InChI is InChI=1S/C22H22ClNO4/c1-14-17-9-8-16(27-3)12-20(17)28-22(26)18(14)10-11-21(25)24(2)13-15-6-4-5-7-19(15)23/h4-9,12H,10-11,13H2,1-3H3. The van der Waals surface area contributed by atoms with E-state index in [4.69, 9.17) is 20.8 Å². The number of hydrogen-bond acceptors (Lipinski definition) is 4. The molecule has 0 saturated carbocycles. The monoisotopic (exact) mass is 399 g/mol. The number of hydrogen-bond donors (Lipinski definition) is 0. The molecule has 5 nitrogen and oxygen atoms in total. The predicted octanol–water partition coefficient (Wildman–Crippen LogP) is 4.35. The van der Waals surface area contributed by atoms with E-state index < -0.39 is 5.63 Å². The van der Waals surface area contributed by atoms with Gasteiger partial charge in [-0.3, -0.25) is 4.79 Å². The zero-order chi connectivity index (χ0) is 20.3. The summed E-state index contributed by atoms with van der Waals surface area (Å²) >= 11 is 6.16. The molecule has 0 atom stereocenters. The van der Waals surface area contributed by atoms with Crippen LogP contribution in [-0.2, 0) is 17.8 Å². The van der Waals surface area contributed by atoms with Crippen molar-refractivity contribution in [3.63, 3.8) is 0 Å². The van der Waals surface area contributed by atoms with Gasteiger partial charge in [0.15, 0.2) is 0 Å². The Morgan fingerprint density at radius 1 is 1.21 bits per heavy atom. The van der Waals surface area contributed by atoms with Crippen molar-refractivity contribution in [2.24, 2.45) is 0 Å². The topological polar surface area (TPSA) is 59.8 Å². The van der Waals surface area contributed by atoms with Crippen LogP contribution in [0.1, 0.15) is 23.1 Å². The Labute approximate surface area is 168 Å². The fourth-order valence-corrected chi connectivity index (χ4v) is 3.38. The molecule has 0 aliphatic carbocycles. The summed E-state index contributed by atoms with van der Waals surface area (Å²) in [4.78, 5) is 26.6. The average Bonchev–Trinajstić information content (AvgIpc) is 2.68. The van der Waals surface area contributed by atoms with Crippen molar-refractivity contribution in [3.05, 3.63) is 74.6 Å². The first-order valence-corrected chi connectivity index (χ1v) is 9.36. The Morgan fingerprint density at radius 3 is 2.68 bits per heavy atom. The third-order valence-electron chi connectivity index (χ3n) is 4.87. The maximum absolute atomic E-state index is 12.5.